The van der Waals surface area contributed by atoms with Gasteiger partial charge in [0, 0.05) is 11.7 Å². The number of benzene rings is 1. The molecule has 0 aliphatic rings. The van der Waals surface area contributed by atoms with Gasteiger partial charge in [0.15, 0.2) is 0 Å². The standard InChI is InChI=1S/C18H19NO/c1-2-7-14-12-16-10-6-11-19(16)17(13-14)18(20)15-8-4-3-5-9-15/h3-6,8-13,18,20H,2,7H2,1H3. The van der Waals surface area contributed by atoms with Gasteiger partial charge in [-0.3, -0.25) is 0 Å². The molecular weight excluding hydrogens is 246 g/mol. The van der Waals surface area contributed by atoms with E-state index >= 15 is 0 Å². The quantitative estimate of drug-likeness (QED) is 0.758. The lowest BCUT2D eigenvalue weighted by molar-refractivity contribution is 0.214. The Bertz CT molecular complexity index is 700. The normalized spacial score (nSPS) is 12.7. The number of aliphatic hydroxyl groups excluding tert-OH is 1. The van der Waals surface area contributed by atoms with E-state index in [1.54, 1.807) is 0 Å². The first kappa shape index (κ1) is 12.9. The molecule has 0 amide bonds. The summed E-state index contributed by atoms with van der Waals surface area (Å²) in [4.78, 5) is 0. The maximum atomic E-state index is 10.7. The van der Waals surface area contributed by atoms with E-state index in [0.717, 1.165) is 29.6 Å². The lowest BCUT2D eigenvalue weighted by Gasteiger charge is -2.16. The first-order valence-electron chi connectivity index (χ1n) is 7.12. The third kappa shape index (κ3) is 2.35. The van der Waals surface area contributed by atoms with Crippen molar-refractivity contribution in [2.45, 2.75) is 25.9 Å². The zero-order valence-corrected chi connectivity index (χ0v) is 11.7. The maximum Gasteiger partial charge on any atom is 0.119 e. The number of pyridine rings is 1. The molecular formula is C18H19NO. The molecule has 2 nitrogen and oxygen atoms in total. The minimum absolute atomic E-state index is 0.595. The van der Waals surface area contributed by atoms with Crippen LogP contribution in [-0.4, -0.2) is 9.51 Å². The Labute approximate surface area is 119 Å². The van der Waals surface area contributed by atoms with Crippen LogP contribution in [0.1, 0.15) is 36.3 Å². The van der Waals surface area contributed by atoms with Crippen LogP contribution in [0.15, 0.2) is 60.8 Å². The van der Waals surface area contributed by atoms with Gasteiger partial charge in [-0.25, -0.2) is 0 Å². The van der Waals surface area contributed by atoms with Crippen LogP contribution in [0.2, 0.25) is 0 Å². The number of aliphatic hydroxyl groups is 1. The van der Waals surface area contributed by atoms with Gasteiger partial charge in [0.25, 0.3) is 0 Å². The highest BCUT2D eigenvalue weighted by molar-refractivity contribution is 5.52. The molecule has 0 aliphatic heterocycles. The van der Waals surface area contributed by atoms with Crippen LogP contribution in [-0.2, 0) is 6.42 Å². The summed E-state index contributed by atoms with van der Waals surface area (Å²) in [5.74, 6) is 0. The summed E-state index contributed by atoms with van der Waals surface area (Å²) in [6.07, 6.45) is 3.56. The Morgan fingerprint density at radius 2 is 1.85 bits per heavy atom. The van der Waals surface area contributed by atoms with Crippen molar-refractivity contribution in [3.8, 4) is 0 Å². The van der Waals surface area contributed by atoms with Crippen LogP contribution in [0.3, 0.4) is 0 Å². The van der Waals surface area contributed by atoms with Crippen LogP contribution < -0.4 is 0 Å². The van der Waals surface area contributed by atoms with Gasteiger partial charge in [0.05, 0.1) is 5.69 Å². The molecule has 0 spiro atoms. The lowest BCUT2D eigenvalue weighted by Crippen LogP contribution is -2.06. The van der Waals surface area contributed by atoms with E-state index in [2.05, 4.69) is 29.5 Å². The fraction of sp³-hybridized carbons (Fsp3) is 0.222. The predicted octanol–water partition coefficient (Wildman–Crippen LogP) is 3.97. The van der Waals surface area contributed by atoms with Gasteiger partial charge in [0.2, 0.25) is 0 Å². The summed E-state index contributed by atoms with van der Waals surface area (Å²) in [5, 5.41) is 10.7. The second-order valence-electron chi connectivity index (χ2n) is 5.15. The number of nitrogens with zero attached hydrogens (tertiary/aromatic N) is 1. The van der Waals surface area contributed by atoms with Crippen molar-refractivity contribution in [1.82, 2.24) is 4.40 Å². The first-order valence-corrected chi connectivity index (χ1v) is 7.12. The van der Waals surface area contributed by atoms with Gasteiger partial charge in [-0.1, -0.05) is 43.7 Å². The molecule has 0 bridgehead atoms. The minimum atomic E-state index is -0.595. The topological polar surface area (TPSA) is 24.6 Å². The molecule has 2 heterocycles. The molecule has 0 saturated heterocycles. The highest BCUT2D eigenvalue weighted by Gasteiger charge is 2.14. The Morgan fingerprint density at radius 3 is 2.60 bits per heavy atom. The third-order valence-corrected chi connectivity index (χ3v) is 3.66. The number of aromatic nitrogens is 1. The van der Waals surface area contributed by atoms with E-state index in [4.69, 9.17) is 0 Å². The molecule has 1 unspecified atom stereocenters. The highest BCUT2D eigenvalue weighted by atomic mass is 16.3. The number of fused-ring (bicyclic) bond motifs is 1. The number of rotatable bonds is 4. The van der Waals surface area contributed by atoms with Crippen LogP contribution in [0.5, 0.6) is 0 Å². The zero-order valence-electron chi connectivity index (χ0n) is 11.7. The van der Waals surface area contributed by atoms with Gasteiger partial charge >= 0.3 is 0 Å². The Balaban J connectivity index is 2.11. The Hall–Kier alpha value is -2.06. The lowest BCUT2D eigenvalue weighted by atomic mass is 10.0. The van der Waals surface area contributed by atoms with Crippen LogP contribution in [0.4, 0.5) is 0 Å². The fourth-order valence-corrected chi connectivity index (χ4v) is 2.69. The number of hydrogen-bond donors (Lipinski definition) is 1. The average molecular weight is 265 g/mol. The molecule has 0 saturated carbocycles. The summed E-state index contributed by atoms with van der Waals surface area (Å²) < 4.78 is 2.07. The molecule has 2 heteroatoms. The largest absolute Gasteiger partial charge is 0.382 e. The van der Waals surface area contributed by atoms with E-state index in [-0.39, 0.29) is 0 Å². The molecule has 0 radical (unpaired) electrons. The number of hydrogen-bond acceptors (Lipinski definition) is 1. The van der Waals surface area contributed by atoms with E-state index in [1.165, 1.54) is 5.56 Å². The molecule has 2 aromatic heterocycles. The first-order chi connectivity index (χ1) is 9.79. The summed E-state index contributed by atoms with van der Waals surface area (Å²) >= 11 is 0. The molecule has 3 rings (SSSR count). The van der Waals surface area contributed by atoms with E-state index in [0.29, 0.717) is 0 Å². The molecule has 0 fully saturated rings. The fourth-order valence-electron chi connectivity index (χ4n) is 2.69. The maximum absolute atomic E-state index is 10.7. The monoisotopic (exact) mass is 265 g/mol. The van der Waals surface area contributed by atoms with Gasteiger partial charge in [-0.05, 0) is 41.8 Å². The molecule has 102 valence electrons. The summed E-state index contributed by atoms with van der Waals surface area (Å²) in [5.41, 5.74) is 4.28. The predicted molar refractivity (Wildman–Crippen MR) is 81.9 cm³/mol. The van der Waals surface area contributed by atoms with Crippen molar-refractivity contribution in [2.24, 2.45) is 0 Å². The SMILES string of the molecule is CCCc1cc(C(O)c2ccccc2)n2cccc2c1. The third-order valence-electron chi connectivity index (χ3n) is 3.66. The summed E-state index contributed by atoms with van der Waals surface area (Å²) in [7, 11) is 0. The molecule has 1 aromatic carbocycles. The van der Waals surface area contributed by atoms with E-state index in [9.17, 15) is 5.11 Å². The second kappa shape index (κ2) is 5.51. The van der Waals surface area contributed by atoms with Gasteiger partial charge in [0.1, 0.15) is 6.10 Å². The van der Waals surface area contributed by atoms with E-state index < -0.39 is 6.10 Å². The van der Waals surface area contributed by atoms with Crippen molar-refractivity contribution in [3.63, 3.8) is 0 Å². The second-order valence-corrected chi connectivity index (χ2v) is 5.15. The molecule has 1 N–H and O–H groups in total. The van der Waals surface area contributed by atoms with Crippen molar-refractivity contribution < 1.29 is 5.11 Å². The highest BCUT2D eigenvalue weighted by Crippen LogP contribution is 2.25. The van der Waals surface area contributed by atoms with Crippen LogP contribution >= 0.6 is 0 Å². The van der Waals surface area contributed by atoms with Gasteiger partial charge in [-0.2, -0.15) is 0 Å². The van der Waals surface area contributed by atoms with Crippen LogP contribution in [0, 0.1) is 0 Å². The summed E-state index contributed by atoms with van der Waals surface area (Å²) in [6, 6.07) is 18.2. The molecule has 20 heavy (non-hydrogen) atoms. The Kier molecular flexibility index (Phi) is 3.57. The molecule has 0 aliphatic carbocycles. The Morgan fingerprint density at radius 1 is 1.05 bits per heavy atom. The average Bonchev–Trinajstić information content (AvgIpc) is 2.95. The van der Waals surface area contributed by atoms with Crippen LogP contribution in [0.25, 0.3) is 5.52 Å². The van der Waals surface area contributed by atoms with Gasteiger partial charge in [-0.15, -0.1) is 0 Å². The number of aryl methyl sites for hydroxylation is 1. The molecule has 3 aromatic rings. The zero-order chi connectivity index (χ0) is 13.9. The smallest absolute Gasteiger partial charge is 0.119 e. The van der Waals surface area contributed by atoms with Crippen molar-refractivity contribution in [1.29, 1.82) is 0 Å². The van der Waals surface area contributed by atoms with E-state index in [1.807, 2.05) is 42.6 Å². The molecule has 1 atom stereocenters. The minimum Gasteiger partial charge on any atom is -0.382 e. The van der Waals surface area contributed by atoms with Gasteiger partial charge < -0.3 is 9.51 Å². The van der Waals surface area contributed by atoms with Crippen molar-refractivity contribution in [2.75, 3.05) is 0 Å². The van der Waals surface area contributed by atoms with Crippen molar-refractivity contribution >= 4 is 5.52 Å². The van der Waals surface area contributed by atoms with Crippen molar-refractivity contribution in [3.05, 3.63) is 77.6 Å². The summed E-state index contributed by atoms with van der Waals surface area (Å²) in [6.45, 7) is 2.18.